The molecular formula is C32H28N2O5. The molecule has 4 aromatic rings. The van der Waals surface area contributed by atoms with Gasteiger partial charge in [-0.1, -0.05) is 54.6 Å². The summed E-state index contributed by atoms with van der Waals surface area (Å²) in [6.45, 7) is 0.991. The van der Waals surface area contributed by atoms with E-state index in [1.54, 1.807) is 32.4 Å². The first-order chi connectivity index (χ1) is 19.0. The standard InChI is InChI=1S/C16H13NO3.C16H15NO2/c1-20-12-8-6-11(7-9-12)10-17-14-5-3-2-4-13(14)15(18)16(17)19;1-19-14-8-6-12(7-9-14)11-17-15-5-3-2-4-13(15)10-16(17)18/h2-9H,10H2,1H3;2-9H,10-11H2,1H3. The molecule has 7 nitrogen and oxygen atoms in total. The van der Waals surface area contributed by atoms with Gasteiger partial charge in [-0.3, -0.25) is 14.4 Å². The maximum Gasteiger partial charge on any atom is 0.299 e. The number of ketones is 1. The molecule has 0 saturated carbocycles. The summed E-state index contributed by atoms with van der Waals surface area (Å²) in [5, 5.41) is 0. The van der Waals surface area contributed by atoms with Crippen molar-refractivity contribution in [1.82, 2.24) is 0 Å². The number of Topliss-reactive ketones (excluding diaryl/α,β-unsaturated/α-hetero) is 1. The summed E-state index contributed by atoms with van der Waals surface area (Å²) < 4.78 is 10.2. The van der Waals surface area contributed by atoms with Crippen LogP contribution >= 0.6 is 0 Å². The largest absolute Gasteiger partial charge is 0.497 e. The minimum absolute atomic E-state index is 0.164. The van der Waals surface area contributed by atoms with Gasteiger partial charge in [0.15, 0.2) is 0 Å². The molecule has 0 saturated heterocycles. The minimum atomic E-state index is -0.470. The lowest BCUT2D eigenvalue weighted by molar-refractivity contribution is -0.117. The van der Waals surface area contributed by atoms with Crippen LogP contribution in [0.2, 0.25) is 0 Å². The van der Waals surface area contributed by atoms with Crippen molar-refractivity contribution >= 4 is 29.0 Å². The van der Waals surface area contributed by atoms with Crippen LogP contribution in [0.15, 0.2) is 97.1 Å². The number of nitrogens with zero attached hydrogens (tertiary/aromatic N) is 2. The van der Waals surface area contributed by atoms with Gasteiger partial charge in [0, 0.05) is 5.69 Å². The van der Waals surface area contributed by atoms with Crippen LogP contribution in [0.3, 0.4) is 0 Å². The Hall–Kier alpha value is -4.91. The molecule has 0 spiro atoms. The van der Waals surface area contributed by atoms with Gasteiger partial charge in [0.25, 0.3) is 11.7 Å². The number of ether oxygens (including phenoxy) is 2. The van der Waals surface area contributed by atoms with Gasteiger partial charge < -0.3 is 19.3 Å². The summed E-state index contributed by atoms with van der Waals surface area (Å²) in [5.74, 6) is 0.850. The molecule has 0 aliphatic carbocycles. The van der Waals surface area contributed by atoms with E-state index in [9.17, 15) is 14.4 Å². The molecular weight excluding hydrogens is 492 g/mol. The van der Waals surface area contributed by atoms with E-state index in [1.807, 2.05) is 83.8 Å². The van der Waals surface area contributed by atoms with E-state index in [-0.39, 0.29) is 5.91 Å². The normalized spacial score (nSPS) is 13.5. The lowest BCUT2D eigenvalue weighted by Crippen LogP contribution is -2.29. The van der Waals surface area contributed by atoms with Gasteiger partial charge >= 0.3 is 0 Å². The van der Waals surface area contributed by atoms with Crippen LogP contribution in [-0.4, -0.2) is 31.8 Å². The van der Waals surface area contributed by atoms with E-state index in [1.165, 1.54) is 4.90 Å². The molecule has 39 heavy (non-hydrogen) atoms. The highest BCUT2D eigenvalue weighted by atomic mass is 16.5. The quantitative estimate of drug-likeness (QED) is 0.326. The van der Waals surface area contributed by atoms with E-state index in [0.29, 0.717) is 30.8 Å². The minimum Gasteiger partial charge on any atom is -0.497 e. The highest BCUT2D eigenvalue weighted by Crippen LogP contribution is 2.31. The van der Waals surface area contributed by atoms with Crippen molar-refractivity contribution in [3.8, 4) is 11.5 Å². The number of methoxy groups -OCH3 is 2. The van der Waals surface area contributed by atoms with Crippen molar-refractivity contribution in [1.29, 1.82) is 0 Å². The molecule has 0 fully saturated rings. The number of fused-ring (bicyclic) bond motifs is 2. The third-order valence-corrected chi connectivity index (χ3v) is 6.80. The number of carbonyl (C=O) groups excluding carboxylic acids is 3. The molecule has 0 unspecified atom stereocenters. The SMILES string of the molecule is COc1ccc(CN2C(=O)C(=O)c3ccccc32)cc1.COc1ccc(CN2C(=O)Cc3ccccc32)cc1. The zero-order chi connectivity index (χ0) is 27.4. The number of hydrogen-bond acceptors (Lipinski definition) is 5. The lowest BCUT2D eigenvalue weighted by atomic mass is 10.1. The average molecular weight is 521 g/mol. The van der Waals surface area contributed by atoms with E-state index in [2.05, 4.69) is 0 Å². The Bertz CT molecular complexity index is 1510. The van der Waals surface area contributed by atoms with Gasteiger partial charge in [0.1, 0.15) is 11.5 Å². The summed E-state index contributed by atoms with van der Waals surface area (Å²) in [4.78, 5) is 39.3. The van der Waals surface area contributed by atoms with Gasteiger partial charge in [-0.25, -0.2) is 0 Å². The van der Waals surface area contributed by atoms with Gasteiger partial charge in [-0.05, 0) is 59.2 Å². The average Bonchev–Trinajstić information content (AvgIpc) is 3.42. The molecule has 2 aliphatic heterocycles. The molecule has 7 heteroatoms. The summed E-state index contributed by atoms with van der Waals surface area (Å²) in [6, 6.07) is 30.3. The van der Waals surface area contributed by atoms with Gasteiger partial charge in [-0.15, -0.1) is 0 Å². The fraction of sp³-hybridized carbons (Fsp3) is 0.156. The Kier molecular flexibility index (Phi) is 7.41. The predicted molar refractivity (Wildman–Crippen MR) is 149 cm³/mol. The van der Waals surface area contributed by atoms with Crippen LogP contribution in [-0.2, 0) is 29.1 Å². The molecule has 196 valence electrons. The third kappa shape index (κ3) is 5.38. The zero-order valence-corrected chi connectivity index (χ0v) is 21.8. The fourth-order valence-corrected chi connectivity index (χ4v) is 4.72. The topological polar surface area (TPSA) is 76.2 Å². The highest BCUT2D eigenvalue weighted by molar-refractivity contribution is 6.52. The second-order valence-electron chi connectivity index (χ2n) is 9.22. The lowest BCUT2D eigenvalue weighted by Gasteiger charge is -2.17. The first kappa shape index (κ1) is 25.7. The summed E-state index contributed by atoms with van der Waals surface area (Å²) in [6.07, 6.45) is 0.506. The number of carbonyl (C=O) groups is 3. The molecule has 4 aromatic carbocycles. The van der Waals surface area contributed by atoms with Crippen LogP contribution in [0.4, 0.5) is 11.4 Å². The number of benzene rings is 4. The summed E-state index contributed by atoms with van der Waals surface area (Å²) in [7, 11) is 3.25. The van der Waals surface area contributed by atoms with Crippen LogP contribution in [0.25, 0.3) is 0 Å². The monoisotopic (exact) mass is 520 g/mol. The van der Waals surface area contributed by atoms with Crippen LogP contribution in [0.5, 0.6) is 11.5 Å². The van der Waals surface area contributed by atoms with E-state index in [4.69, 9.17) is 9.47 Å². The molecule has 6 rings (SSSR count). The molecule has 0 bridgehead atoms. The number of hydrogen-bond donors (Lipinski definition) is 0. The van der Waals surface area contributed by atoms with Crippen molar-refractivity contribution in [3.05, 3.63) is 119 Å². The van der Waals surface area contributed by atoms with Crippen LogP contribution in [0.1, 0.15) is 27.0 Å². The van der Waals surface area contributed by atoms with E-state index >= 15 is 0 Å². The van der Waals surface area contributed by atoms with Crippen molar-refractivity contribution in [2.24, 2.45) is 0 Å². The Morgan fingerprint density at radius 1 is 0.615 bits per heavy atom. The molecule has 0 aromatic heterocycles. The van der Waals surface area contributed by atoms with Crippen molar-refractivity contribution in [3.63, 3.8) is 0 Å². The molecule has 2 amide bonds. The van der Waals surface area contributed by atoms with Crippen molar-refractivity contribution < 1.29 is 23.9 Å². The number of para-hydroxylation sites is 2. The molecule has 0 radical (unpaired) electrons. The predicted octanol–water partition coefficient (Wildman–Crippen LogP) is 5.21. The van der Waals surface area contributed by atoms with Crippen molar-refractivity contribution in [2.75, 3.05) is 24.0 Å². The molecule has 0 N–H and O–H groups in total. The van der Waals surface area contributed by atoms with Gasteiger partial charge in [-0.2, -0.15) is 0 Å². The Morgan fingerprint density at radius 2 is 1.13 bits per heavy atom. The second-order valence-corrected chi connectivity index (χ2v) is 9.22. The highest BCUT2D eigenvalue weighted by Gasteiger charge is 2.35. The number of rotatable bonds is 6. The van der Waals surface area contributed by atoms with Crippen LogP contribution in [0, 0.1) is 0 Å². The summed E-state index contributed by atoms with van der Waals surface area (Å²) >= 11 is 0. The van der Waals surface area contributed by atoms with E-state index < -0.39 is 11.7 Å². The first-order valence-electron chi connectivity index (χ1n) is 12.6. The van der Waals surface area contributed by atoms with Crippen LogP contribution < -0.4 is 19.3 Å². The zero-order valence-electron chi connectivity index (χ0n) is 21.8. The smallest absolute Gasteiger partial charge is 0.299 e. The third-order valence-electron chi connectivity index (χ3n) is 6.80. The Morgan fingerprint density at radius 3 is 1.72 bits per heavy atom. The fourth-order valence-electron chi connectivity index (χ4n) is 4.72. The Labute approximate surface area is 227 Å². The molecule has 2 heterocycles. The Balaban J connectivity index is 0.000000158. The second kappa shape index (κ2) is 11.2. The maximum absolute atomic E-state index is 12.1. The van der Waals surface area contributed by atoms with E-state index in [0.717, 1.165) is 33.9 Å². The summed E-state index contributed by atoms with van der Waals surface area (Å²) in [5.41, 5.74) is 5.35. The molecule has 2 aliphatic rings. The number of amides is 2. The first-order valence-corrected chi connectivity index (χ1v) is 12.6. The molecule has 0 atom stereocenters. The maximum atomic E-state index is 12.1. The number of anilines is 2. The van der Waals surface area contributed by atoms with Gasteiger partial charge in [0.05, 0.1) is 45.0 Å². The van der Waals surface area contributed by atoms with Crippen molar-refractivity contribution in [2.45, 2.75) is 19.5 Å². The van der Waals surface area contributed by atoms with Gasteiger partial charge in [0.2, 0.25) is 5.91 Å².